The molecule has 4 aromatic rings. The van der Waals surface area contributed by atoms with Crippen LogP contribution in [0.5, 0.6) is 5.75 Å². The predicted octanol–water partition coefficient (Wildman–Crippen LogP) is 4.69. The molecule has 0 saturated heterocycles. The van der Waals surface area contributed by atoms with Crippen molar-refractivity contribution in [2.75, 3.05) is 17.7 Å². The van der Waals surface area contributed by atoms with Crippen LogP contribution >= 0.6 is 11.6 Å². The molecule has 0 aliphatic rings. The molecule has 0 amide bonds. The zero-order chi connectivity index (χ0) is 20.4. The van der Waals surface area contributed by atoms with Crippen LogP contribution in [0, 0.1) is 6.92 Å². The van der Waals surface area contributed by atoms with Gasteiger partial charge in [-0.3, -0.25) is 4.68 Å². The average Bonchev–Trinajstić information content (AvgIpc) is 3.09. The Bertz CT molecular complexity index is 1160. The topological polar surface area (TPSA) is 76.9 Å². The lowest BCUT2D eigenvalue weighted by Crippen LogP contribution is -2.07. The number of nitrogens with zero attached hydrogens (tertiary/aromatic N) is 4. The van der Waals surface area contributed by atoms with Gasteiger partial charge in [0, 0.05) is 19.3 Å². The number of methoxy groups -OCH3 is 1. The number of halogens is 1. The lowest BCUT2D eigenvalue weighted by atomic mass is 10.1. The number of benzene rings is 2. The molecule has 0 radical (unpaired) electrons. The van der Waals surface area contributed by atoms with Crippen molar-refractivity contribution in [3.05, 3.63) is 64.8 Å². The quantitative estimate of drug-likeness (QED) is 0.482. The van der Waals surface area contributed by atoms with E-state index in [9.17, 15) is 0 Å². The normalized spacial score (nSPS) is 10.9. The van der Waals surface area contributed by atoms with Crippen LogP contribution < -0.4 is 15.4 Å². The molecule has 0 spiro atoms. The number of aryl methyl sites for hydroxylation is 2. The monoisotopic (exact) mass is 408 g/mol. The van der Waals surface area contributed by atoms with Gasteiger partial charge in [0.05, 0.1) is 23.7 Å². The van der Waals surface area contributed by atoms with E-state index in [0.717, 1.165) is 22.3 Å². The molecule has 0 aliphatic heterocycles. The minimum Gasteiger partial charge on any atom is -0.495 e. The highest BCUT2D eigenvalue weighted by molar-refractivity contribution is 6.32. The summed E-state index contributed by atoms with van der Waals surface area (Å²) in [7, 11) is 3.44. The summed E-state index contributed by atoms with van der Waals surface area (Å²) >= 11 is 6.25. The third-order valence-corrected chi connectivity index (χ3v) is 4.87. The fourth-order valence-corrected chi connectivity index (χ4v) is 3.22. The third-order valence-electron chi connectivity index (χ3n) is 4.58. The molecule has 0 fully saturated rings. The number of hydrogen-bond acceptors (Lipinski definition) is 6. The number of hydrogen-bond donors (Lipinski definition) is 2. The molecule has 8 heteroatoms. The van der Waals surface area contributed by atoms with Gasteiger partial charge in [0.2, 0.25) is 5.95 Å². The maximum Gasteiger partial charge on any atom is 0.227 e. The number of ether oxygens (including phenoxy) is 1. The van der Waals surface area contributed by atoms with Crippen LogP contribution in [-0.4, -0.2) is 26.9 Å². The molecule has 0 saturated carbocycles. The lowest BCUT2D eigenvalue weighted by Gasteiger charge is -2.12. The van der Waals surface area contributed by atoms with Gasteiger partial charge in [0.25, 0.3) is 0 Å². The fraction of sp³-hybridized carbons (Fsp3) is 0.190. The molecule has 0 atom stereocenters. The van der Waals surface area contributed by atoms with Crippen LogP contribution in [0.25, 0.3) is 11.0 Å². The molecule has 7 nitrogen and oxygen atoms in total. The van der Waals surface area contributed by atoms with Crippen molar-refractivity contribution < 1.29 is 4.74 Å². The second kappa shape index (κ2) is 7.97. The van der Waals surface area contributed by atoms with Gasteiger partial charge in [0.1, 0.15) is 11.6 Å². The molecule has 148 valence electrons. The molecule has 0 unspecified atom stereocenters. The van der Waals surface area contributed by atoms with Gasteiger partial charge in [-0.15, -0.1) is 0 Å². The first kappa shape index (κ1) is 19.0. The molecule has 2 heterocycles. The van der Waals surface area contributed by atoms with E-state index >= 15 is 0 Å². The average molecular weight is 409 g/mol. The van der Waals surface area contributed by atoms with Crippen LogP contribution in [0.4, 0.5) is 17.5 Å². The number of rotatable bonds is 6. The van der Waals surface area contributed by atoms with Crippen molar-refractivity contribution in [2.24, 2.45) is 7.05 Å². The van der Waals surface area contributed by atoms with E-state index in [4.69, 9.17) is 16.3 Å². The molecule has 0 bridgehead atoms. The zero-order valence-corrected chi connectivity index (χ0v) is 17.2. The second-order valence-corrected chi connectivity index (χ2v) is 7.12. The Morgan fingerprint density at radius 3 is 2.62 bits per heavy atom. The first-order valence-corrected chi connectivity index (χ1v) is 9.51. The molecular weight excluding hydrogens is 388 g/mol. The molecule has 2 N–H and O–H groups in total. The lowest BCUT2D eigenvalue weighted by molar-refractivity contribution is 0.415. The van der Waals surface area contributed by atoms with Crippen molar-refractivity contribution in [1.82, 2.24) is 19.7 Å². The SMILES string of the molecule is COc1ccc(Nc2nc(NCc3ccc(C)cc3)nc3c2cnn3C)cc1Cl. The zero-order valence-electron chi connectivity index (χ0n) is 16.4. The van der Waals surface area contributed by atoms with Crippen LogP contribution in [0.1, 0.15) is 11.1 Å². The molecule has 4 rings (SSSR count). The van der Waals surface area contributed by atoms with Crippen LogP contribution in [0.2, 0.25) is 5.02 Å². The second-order valence-electron chi connectivity index (χ2n) is 6.71. The Morgan fingerprint density at radius 1 is 1.10 bits per heavy atom. The van der Waals surface area contributed by atoms with E-state index in [0.29, 0.717) is 29.1 Å². The summed E-state index contributed by atoms with van der Waals surface area (Å²) in [5.74, 6) is 1.78. The van der Waals surface area contributed by atoms with Crippen molar-refractivity contribution in [2.45, 2.75) is 13.5 Å². The van der Waals surface area contributed by atoms with E-state index in [1.54, 1.807) is 24.1 Å². The van der Waals surface area contributed by atoms with Crippen LogP contribution in [-0.2, 0) is 13.6 Å². The van der Waals surface area contributed by atoms with Crippen LogP contribution in [0.15, 0.2) is 48.7 Å². The summed E-state index contributed by atoms with van der Waals surface area (Å²) in [5, 5.41) is 12.3. The van der Waals surface area contributed by atoms with Gasteiger partial charge < -0.3 is 15.4 Å². The summed E-state index contributed by atoms with van der Waals surface area (Å²) < 4.78 is 6.94. The summed E-state index contributed by atoms with van der Waals surface area (Å²) in [5.41, 5.74) is 3.91. The van der Waals surface area contributed by atoms with Gasteiger partial charge >= 0.3 is 0 Å². The minimum atomic E-state index is 0.517. The molecule has 29 heavy (non-hydrogen) atoms. The molecule has 0 aliphatic carbocycles. The summed E-state index contributed by atoms with van der Waals surface area (Å²) in [6.45, 7) is 2.69. The Labute approximate surface area is 173 Å². The molecular formula is C21H21ClN6O. The summed E-state index contributed by atoms with van der Waals surface area (Å²) in [6, 6.07) is 13.8. The van der Waals surface area contributed by atoms with E-state index in [1.165, 1.54) is 5.56 Å². The van der Waals surface area contributed by atoms with Gasteiger partial charge in [-0.1, -0.05) is 41.4 Å². The number of anilines is 3. The van der Waals surface area contributed by atoms with E-state index in [2.05, 4.69) is 56.9 Å². The van der Waals surface area contributed by atoms with E-state index < -0.39 is 0 Å². The van der Waals surface area contributed by atoms with Crippen molar-refractivity contribution in [1.29, 1.82) is 0 Å². The highest BCUT2D eigenvalue weighted by Gasteiger charge is 2.13. The van der Waals surface area contributed by atoms with Crippen molar-refractivity contribution in [3.8, 4) is 5.75 Å². The first-order valence-electron chi connectivity index (χ1n) is 9.13. The standard InChI is InChI=1S/C21H21ClN6O/c1-13-4-6-14(7-5-13)11-23-21-26-19(16-12-24-28(2)20(16)27-21)25-15-8-9-18(29-3)17(22)10-15/h4-10,12H,11H2,1-3H3,(H2,23,25,26,27). The Hall–Kier alpha value is -3.32. The largest absolute Gasteiger partial charge is 0.495 e. The Balaban J connectivity index is 1.64. The van der Waals surface area contributed by atoms with E-state index in [1.807, 2.05) is 19.2 Å². The number of nitrogens with one attached hydrogen (secondary N) is 2. The Morgan fingerprint density at radius 2 is 1.90 bits per heavy atom. The first-order chi connectivity index (χ1) is 14.0. The fourth-order valence-electron chi connectivity index (χ4n) is 2.96. The maximum atomic E-state index is 6.25. The third kappa shape index (κ3) is 4.09. The van der Waals surface area contributed by atoms with Crippen LogP contribution in [0.3, 0.4) is 0 Å². The minimum absolute atomic E-state index is 0.517. The molecule has 2 aromatic heterocycles. The van der Waals surface area contributed by atoms with Crippen molar-refractivity contribution in [3.63, 3.8) is 0 Å². The predicted molar refractivity (Wildman–Crippen MR) is 116 cm³/mol. The van der Waals surface area contributed by atoms with E-state index in [-0.39, 0.29) is 0 Å². The number of fused-ring (bicyclic) bond motifs is 1. The van der Waals surface area contributed by atoms with Gasteiger partial charge in [-0.2, -0.15) is 15.1 Å². The smallest absolute Gasteiger partial charge is 0.227 e. The van der Waals surface area contributed by atoms with Gasteiger partial charge in [-0.25, -0.2) is 0 Å². The van der Waals surface area contributed by atoms with Gasteiger partial charge in [-0.05, 0) is 30.7 Å². The van der Waals surface area contributed by atoms with Crippen molar-refractivity contribution >= 4 is 40.1 Å². The van der Waals surface area contributed by atoms with Gasteiger partial charge in [0.15, 0.2) is 5.65 Å². The Kier molecular flexibility index (Phi) is 5.22. The highest BCUT2D eigenvalue weighted by Crippen LogP contribution is 2.30. The highest BCUT2D eigenvalue weighted by atomic mass is 35.5. The summed E-state index contributed by atoms with van der Waals surface area (Å²) in [6.07, 6.45) is 1.74. The summed E-state index contributed by atoms with van der Waals surface area (Å²) in [4.78, 5) is 9.26. The number of aromatic nitrogens is 4. The maximum absolute atomic E-state index is 6.25. The molecule has 2 aromatic carbocycles.